The lowest BCUT2D eigenvalue weighted by atomic mass is 10.0. The average Bonchev–Trinajstić information content (AvgIpc) is 2.95. The molecule has 0 N–H and O–H groups in total. The first-order chi connectivity index (χ1) is 19.1. The van der Waals surface area contributed by atoms with Crippen LogP contribution in [0.4, 0.5) is 0 Å². The lowest BCUT2D eigenvalue weighted by Gasteiger charge is -2.19. The van der Waals surface area contributed by atoms with Gasteiger partial charge in [-0.2, -0.15) is 0 Å². The molecule has 0 saturated carbocycles. The molecule has 0 aliphatic rings. The van der Waals surface area contributed by atoms with E-state index in [9.17, 15) is 9.59 Å². The Morgan fingerprint density at radius 3 is 1.38 bits per heavy atom. The fraction of sp³-hybridized carbons (Fsp3) is 0.771. The summed E-state index contributed by atoms with van der Waals surface area (Å²) in [6.45, 7) is 7.10. The van der Waals surface area contributed by atoms with Gasteiger partial charge in [0.15, 0.2) is 0 Å². The van der Waals surface area contributed by atoms with Crippen molar-refractivity contribution in [2.24, 2.45) is 0 Å². The Hall–Kier alpha value is -1.84. The van der Waals surface area contributed by atoms with Gasteiger partial charge in [-0.05, 0) is 44.2 Å². The third kappa shape index (κ3) is 18.2. The van der Waals surface area contributed by atoms with Gasteiger partial charge in [0.1, 0.15) is 6.10 Å². The number of esters is 2. The summed E-state index contributed by atoms with van der Waals surface area (Å²) in [5.74, 6) is -0.815. The number of carbonyl (C=O) groups is 2. The van der Waals surface area contributed by atoms with E-state index in [1.807, 2.05) is 0 Å². The zero-order valence-electron chi connectivity index (χ0n) is 25.8. The summed E-state index contributed by atoms with van der Waals surface area (Å²) in [7, 11) is 0. The van der Waals surface area contributed by atoms with Crippen molar-refractivity contribution in [1.82, 2.24) is 0 Å². The number of benzene rings is 1. The van der Waals surface area contributed by atoms with Crippen LogP contribution in [0.3, 0.4) is 0 Å². The van der Waals surface area contributed by atoms with E-state index in [0.29, 0.717) is 17.7 Å². The largest absolute Gasteiger partial charge is 0.462 e. The van der Waals surface area contributed by atoms with Crippen molar-refractivity contribution in [3.8, 4) is 0 Å². The summed E-state index contributed by atoms with van der Waals surface area (Å²) < 4.78 is 11.6. The minimum atomic E-state index is -0.422. The molecule has 1 rings (SSSR count). The lowest BCUT2D eigenvalue weighted by molar-refractivity contribution is 0.0240. The molecule has 0 spiro atoms. The molecule has 0 bridgehead atoms. The molecule has 0 fully saturated rings. The molecule has 1 atom stereocenters. The monoisotopic (exact) mass is 544 g/mol. The molecule has 0 aliphatic carbocycles. The van der Waals surface area contributed by atoms with E-state index in [1.165, 1.54) is 103 Å². The molecule has 1 aromatic rings. The van der Waals surface area contributed by atoms with Crippen LogP contribution in [0.25, 0.3) is 0 Å². The molecule has 1 unspecified atom stereocenters. The smallest absolute Gasteiger partial charge is 0.339 e. The second-order valence-corrected chi connectivity index (χ2v) is 11.3. The van der Waals surface area contributed by atoms with Gasteiger partial charge in [-0.25, -0.2) is 9.59 Å². The lowest BCUT2D eigenvalue weighted by Crippen LogP contribution is -2.21. The van der Waals surface area contributed by atoms with Gasteiger partial charge >= 0.3 is 11.9 Å². The summed E-state index contributed by atoms with van der Waals surface area (Å²) in [4.78, 5) is 26.0. The average molecular weight is 545 g/mol. The molecule has 4 heteroatoms. The van der Waals surface area contributed by atoms with Crippen molar-refractivity contribution >= 4 is 11.9 Å². The molecule has 0 saturated heterocycles. The molecular formula is C35H60O4. The van der Waals surface area contributed by atoms with Gasteiger partial charge in [-0.1, -0.05) is 142 Å². The predicted octanol–water partition coefficient (Wildman–Crippen LogP) is 11.0. The minimum absolute atomic E-state index is 0.0867. The molecule has 0 radical (unpaired) electrons. The molecule has 0 aliphatic heterocycles. The number of rotatable bonds is 26. The summed E-state index contributed by atoms with van der Waals surface area (Å²) in [5.41, 5.74) is 0.646. The maximum atomic E-state index is 13.2. The summed E-state index contributed by atoms with van der Waals surface area (Å²) >= 11 is 0. The SMILES string of the molecule is CCCCCCCCCCCOC(=O)c1ccccc1C(=O)OC(CCCCCCC)CCCCCCCC. The van der Waals surface area contributed by atoms with Gasteiger partial charge in [0.2, 0.25) is 0 Å². The Morgan fingerprint density at radius 2 is 0.923 bits per heavy atom. The van der Waals surface area contributed by atoms with E-state index in [-0.39, 0.29) is 6.10 Å². The van der Waals surface area contributed by atoms with Crippen LogP contribution in [0.1, 0.15) is 183 Å². The van der Waals surface area contributed by atoms with Gasteiger partial charge in [-0.15, -0.1) is 0 Å². The van der Waals surface area contributed by atoms with E-state index in [1.54, 1.807) is 24.3 Å². The van der Waals surface area contributed by atoms with Gasteiger partial charge < -0.3 is 9.47 Å². The topological polar surface area (TPSA) is 52.6 Å². The van der Waals surface area contributed by atoms with Crippen LogP contribution < -0.4 is 0 Å². The van der Waals surface area contributed by atoms with E-state index in [4.69, 9.17) is 9.47 Å². The van der Waals surface area contributed by atoms with Crippen molar-refractivity contribution in [3.63, 3.8) is 0 Å². The number of ether oxygens (including phenoxy) is 2. The molecule has 0 aromatic heterocycles. The molecule has 39 heavy (non-hydrogen) atoms. The Kier molecular flexibility index (Phi) is 22.7. The summed E-state index contributed by atoms with van der Waals surface area (Å²) in [6.07, 6.45) is 26.0. The maximum absolute atomic E-state index is 13.2. The zero-order chi connectivity index (χ0) is 28.4. The minimum Gasteiger partial charge on any atom is -0.462 e. The second kappa shape index (κ2) is 25.1. The van der Waals surface area contributed by atoms with Gasteiger partial charge in [0.25, 0.3) is 0 Å². The third-order valence-corrected chi connectivity index (χ3v) is 7.63. The van der Waals surface area contributed by atoms with Gasteiger partial charge in [-0.3, -0.25) is 0 Å². The highest BCUT2D eigenvalue weighted by Gasteiger charge is 2.22. The first-order valence-corrected chi connectivity index (χ1v) is 16.6. The quantitative estimate of drug-likeness (QED) is 0.0859. The van der Waals surface area contributed by atoms with Crippen LogP contribution in [0, 0.1) is 0 Å². The number of hydrogen-bond donors (Lipinski definition) is 0. The summed E-state index contributed by atoms with van der Waals surface area (Å²) in [5, 5.41) is 0. The molecule has 4 nitrogen and oxygen atoms in total. The van der Waals surface area contributed by atoms with Crippen LogP contribution in [0.5, 0.6) is 0 Å². The van der Waals surface area contributed by atoms with Crippen molar-refractivity contribution in [2.75, 3.05) is 6.61 Å². The van der Waals surface area contributed by atoms with E-state index < -0.39 is 11.9 Å². The van der Waals surface area contributed by atoms with Crippen LogP contribution in [0.15, 0.2) is 24.3 Å². The molecule has 0 amide bonds. The van der Waals surface area contributed by atoms with Crippen molar-refractivity contribution < 1.29 is 19.1 Å². The van der Waals surface area contributed by atoms with Gasteiger partial charge in [0, 0.05) is 0 Å². The van der Waals surface area contributed by atoms with Crippen LogP contribution in [0.2, 0.25) is 0 Å². The van der Waals surface area contributed by atoms with E-state index >= 15 is 0 Å². The highest BCUT2D eigenvalue weighted by molar-refractivity contribution is 6.03. The predicted molar refractivity (Wildman–Crippen MR) is 165 cm³/mol. The number of unbranched alkanes of at least 4 members (excludes halogenated alkanes) is 17. The van der Waals surface area contributed by atoms with Crippen molar-refractivity contribution in [1.29, 1.82) is 0 Å². The second-order valence-electron chi connectivity index (χ2n) is 11.3. The maximum Gasteiger partial charge on any atom is 0.339 e. The highest BCUT2D eigenvalue weighted by atomic mass is 16.5. The Labute approximate surface area is 241 Å². The number of carbonyl (C=O) groups excluding carboxylic acids is 2. The molecular weight excluding hydrogens is 484 g/mol. The van der Waals surface area contributed by atoms with Crippen LogP contribution in [-0.4, -0.2) is 24.6 Å². The van der Waals surface area contributed by atoms with Crippen molar-refractivity contribution in [3.05, 3.63) is 35.4 Å². The first-order valence-electron chi connectivity index (χ1n) is 16.6. The fourth-order valence-electron chi connectivity index (χ4n) is 5.10. The van der Waals surface area contributed by atoms with Gasteiger partial charge in [0.05, 0.1) is 17.7 Å². The third-order valence-electron chi connectivity index (χ3n) is 7.63. The molecule has 1 aromatic carbocycles. The molecule has 224 valence electrons. The van der Waals surface area contributed by atoms with E-state index in [0.717, 1.165) is 38.5 Å². The molecule has 0 heterocycles. The van der Waals surface area contributed by atoms with E-state index in [2.05, 4.69) is 20.8 Å². The Bertz CT molecular complexity index is 729. The normalized spacial score (nSPS) is 11.9. The van der Waals surface area contributed by atoms with Crippen molar-refractivity contribution in [2.45, 2.75) is 168 Å². The van der Waals surface area contributed by atoms with Crippen LogP contribution >= 0.6 is 0 Å². The summed E-state index contributed by atoms with van der Waals surface area (Å²) in [6, 6.07) is 6.96. The first kappa shape index (κ1) is 35.2. The Balaban J connectivity index is 2.53. The Morgan fingerprint density at radius 1 is 0.538 bits per heavy atom. The standard InChI is InChI=1S/C35H60O4/c1-4-7-10-13-15-16-17-20-25-30-38-34(36)32-28-23-24-29-33(32)35(37)39-31(26-21-18-12-9-6-3)27-22-19-14-11-8-5-2/h23-24,28-29,31H,4-22,25-27,30H2,1-3H3. The zero-order valence-corrected chi connectivity index (χ0v) is 25.8. The van der Waals surface area contributed by atoms with Crippen LogP contribution in [-0.2, 0) is 9.47 Å². The fourth-order valence-corrected chi connectivity index (χ4v) is 5.10. The number of hydrogen-bond acceptors (Lipinski definition) is 4. The highest BCUT2D eigenvalue weighted by Crippen LogP contribution is 2.20.